The summed E-state index contributed by atoms with van der Waals surface area (Å²) in [5.74, 6) is -0.372. The molecule has 0 aliphatic rings. The number of nitrogens with zero attached hydrogens (tertiary/aromatic N) is 1. The summed E-state index contributed by atoms with van der Waals surface area (Å²) in [5, 5.41) is 0. The molecule has 0 unspecified atom stereocenters. The van der Waals surface area contributed by atoms with Crippen LogP contribution >= 0.6 is 0 Å². The van der Waals surface area contributed by atoms with Crippen LogP contribution in [-0.4, -0.2) is 21.4 Å². The molecule has 0 N–H and O–H groups in total. The lowest BCUT2D eigenvalue weighted by Gasteiger charge is -2.23. The Kier molecular flexibility index (Phi) is 5.28. The van der Waals surface area contributed by atoms with E-state index >= 15 is 0 Å². The molecule has 0 atom stereocenters. The molecule has 0 aliphatic carbocycles. The molecule has 3 aromatic rings. The van der Waals surface area contributed by atoms with E-state index in [1.165, 1.54) is 19.2 Å². The summed E-state index contributed by atoms with van der Waals surface area (Å²) in [4.78, 5) is 13.3. The summed E-state index contributed by atoms with van der Waals surface area (Å²) in [7, 11) is -2.67. The number of sulfonamides is 1. The van der Waals surface area contributed by atoms with Gasteiger partial charge in [0.2, 0.25) is 0 Å². The number of ether oxygens (including phenoxy) is 1. The molecule has 3 aromatic carbocycles. The van der Waals surface area contributed by atoms with Crippen LogP contribution in [0.25, 0.3) is 0 Å². The largest absolute Gasteiger partial charge is 0.496 e. The lowest BCUT2D eigenvalue weighted by Crippen LogP contribution is -2.37. The lowest BCUT2D eigenvalue weighted by atomic mass is 10.1. The van der Waals surface area contributed by atoms with Gasteiger partial charge in [-0.05, 0) is 43.3 Å². The Hall–Kier alpha value is -3.12. The van der Waals surface area contributed by atoms with E-state index in [1.807, 2.05) is 6.92 Å². The highest BCUT2D eigenvalue weighted by atomic mass is 32.2. The Labute approximate surface area is 158 Å². The first-order chi connectivity index (χ1) is 12.9. The van der Waals surface area contributed by atoms with Gasteiger partial charge in [0.25, 0.3) is 15.9 Å². The van der Waals surface area contributed by atoms with Crippen molar-refractivity contribution in [3.63, 3.8) is 0 Å². The Morgan fingerprint density at radius 2 is 1.44 bits per heavy atom. The smallest absolute Gasteiger partial charge is 0.276 e. The molecule has 0 saturated heterocycles. The van der Waals surface area contributed by atoms with E-state index in [0.717, 1.165) is 9.87 Å². The van der Waals surface area contributed by atoms with Gasteiger partial charge < -0.3 is 4.74 Å². The maximum atomic E-state index is 13.3. The van der Waals surface area contributed by atoms with E-state index in [0.29, 0.717) is 5.75 Å². The van der Waals surface area contributed by atoms with Gasteiger partial charge in [-0.3, -0.25) is 4.79 Å². The van der Waals surface area contributed by atoms with Crippen LogP contribution in [0.4, 0.5) is 5.69 Å². The first-order valence-corrected chi connectivity index (χ1v) is 9.73. The summed E-state index contributed by atoms with van der Waals surface area (Å²) in [5.41, 5.74) is 1.39. The van der Waals surface area contributed by atoms with Crippen LogP contribution in [0.1, 0.15) is 15.9 Å². The van der Waals surface area contributed by atoms with Crippen LogP contribution in [0.15, 0.2) is 83.8 Å². The predicted molar refractivity (Wildman–Crippen MR) is 105 cm³/mol. The van der Waals surface area contributed by atoms with Crippen LogP contribution in [0, 0.1) is 6.92 Å². The zero-order valence-corrected chi connectivity index (χ0v) is 15.8. The number of hydrogen-bond donors (Lipinski definition) is 0. The SMILES string of the molecule is COc1ccccc1C(=O)N(c1ccc(C)cc1)S(=O)(=O)c1ccccc1. The molecule has 0 aromatic heterocycles. The van der Waals surface area contributed by atoms with Crippen molar-refractivity contribution in [1.29, 1.82) is 0 Å². The quantitative estimate of drug-likeness (QED) is 0.669. The molecule has 0 fully saturated rings. The molecule has 0 saturated carbocycles. The van der Waals surface area contributed by atoms with Gasteiger partial charge in [-0.15, -0.1) is 0 Å². The number of aryl methyl sites for hydroxylation is 1. The predicted octanol–water partition coefficient (Wildman–Crippen LogP) is 4.04. The monoisotopic (exact) mass is 381 g/mol. The second kappa shape index (κ2) is 7.63. The zero-order chi connectivity index (χ0) is 19.4. The van der Waals surface area contributed by atoms with Crippen molar-refractivity contribution < 1.29 is 17.9 Å². The molecule has 0 radical (unpaired) electrons. The van der Waals surface area contributed by atoms with Gasteiger partial charge in [0, 0.05) is 0 Å². The molecule has 6 heteroatoms. The number of amides is 1. The molecule has 138 valence electrons. The highest BCUT2D eigenvalue weighted by Gasteiger charge is 2.33. The number of benzene rings is 3. The minimum absolute atomic E-state index is 0.0359. The van der Waals surface area contributed by atoms with E-state index in [-0.39, 0.29) is 16.1 Å². The van der Waals surface area contributed by atoms with Gasteiger partial charge in [0.1, 0.15) is 5.75 Å². The van der Waals surface area contributed by atoms with Crippen molar-refractivity contribution in [2.45, 2.75) is 11.8 Å². The zero-order valence-electron chi connectivity index (χ0n) is 15.0. The van der Waals surface area contributed by atoms with Gasteiger partial charge in [-0.1, -0.05) is 48.0 Å². The van der Waals surface area contributed by atoms with E-state index < -0.39 is 15.9 Å². The standard InChI is InChI=1S/C21H19NO4S/c1-16-12-14-17(15-13-16)22(27(24,25)18-8-4-3-5-9-18)21(23)19-10-6-7-11-20(19)26-2/h3-15H,1-2H3. The average Bonchev–Trinajstić information content (AvgIpc) is 2.70. The number of rotatable bonds is 5. The Balaban J connectivity index is 2.19. The number of carbonyl (C=O) groups excluding carboxylic acids is 1. The fourth-order valence-corrected chi connectivity index (χ4v) is 4.10. The first-order valence-electron chi connectivity index (χ1n) is 8.29. The third kappa shape index (κ3) is 3.71. The van der Waals surface area contributed by atoms with Crippen molar-refractivity contribution in [3.05, 3.63) is 90.0 Å². The number of anilines is 1. The maximum absolute atomic E-state index is 13.3. The molecule has 0 spiro atoms. The van der Waals surface area contributed by atoms with Gasteiger partial charge in [-0.25, -0.2) is 8.42 Å². The number of carbonyl (C=O) groups is 1. The van der Waals surface area contributed by atoms with Gasteiger partial charge in [-0.2, -0.15) is 4.31 Å². The van der Waals surface area contributed by atoms with Crippen molar-refractivity contribution in [1.82, 2.24) is 0 Å². The number of para-hydroxylation sites is 1. The third-order valence-electron chi connectivity index (χ3n) is 4.07. The second-order valence-corrected chi connectivity index (χ2v) is 7.71. The van der Waals surface area contributed by atoms with E-state index in [4.69, 9.17) is 4.74 Å². The van der Waals surface area contributed by atoms with Crippen LogP contribution in [0.2, 0.25) is 0 Å². The molecule has 27 heavy (non-hydrogen) atoms. The number of hydrogen-bond acceptors (Lipinski definition) is 4. The number of methoxy groups -OCH3 is 1. The first kappa shape index (κ1) is 18.7. The van der Waals surface area contributed by atoms with Gasteiger partial charge in [0.15, 0.2) is 0 Å². The Morgan fingerprint density at radius 1 is 0.852 bits per heavy atom. The topological polar surface area (TPSA) is 63.7 Å². The van der Waals surface area contributed by atoms with Crippen LogP contribution < -0.4 is 9.04 Å². The average molecular weight is 381 g/mol. The molecule has 1 amide bonds. The van der Waals surface area contributed by atoms with Crippen molar-refractivity contribution in [2.75, 3.05) is 11.4 Å². The molecule has 5 nitrogen and oxygen atoms in total. The van der Waals surface area contributed by atoms with Gasteiger partial charge >= 0.3 is 0 Å². The summed E-state index contributed by atoms with van der Waals surface area (Å²) < 4.78 is 32.7. The summed E-state index contributed by atoms with van der Waals surface area (Å²) >= 11 is 0. The van der Waals surface area contributed by atoms with E-state index in [9.17, 15) is 13.2 Å². The van der Waals surface area contributed by atoms with Crippen molar-refractivity contribution in [3.8, 4) is 5.75 Å². The van der Waals surface area contributed by atoms with Gasteiger partial charge in [0.05, 0.1) is 23.3 Å². The Morgan fingerprint density at radius 3 is 2.07 bits per heavy atom. The molecular formula is C21H19NO4S. The van der Waals surface area contributed by atoms with Crippen molar-refractivity contribution in [2.24, 2.45) is 0 Å². The highest BCUT2D eigenvalue weighted by molar-refractivity contribution is 7.93. The van der Waals surface area contributed by atoms with Crippen LogP contribution in [-0.2, 0) is 10.0 Å². The molecule has 0 heterocycles. The van der Waals surface area contributed by atoms with Crippen LogP contribution in [0.3, 0.4) is 0 Å². The summed E-state index contributed by atoms with van der Waals surface area (Å²) in [6, 6.07) is 21.2. The maximum Gasteiger partial charge on any atom is 0.276 e. The van der Waals surface area contributed by atoms with Crippen molar-refractivity contribution >= 4 is 21.6 Å². The van der Waals surface area contributed by atoms with E-state index in [2.05, 4.69) is 0 Å². The highest BCUT2D eigenvalue weighted by Crippen LogP contribution is 2.29. The summed E-state index contributed by atoms with van der Waals surface area (Å²) in [6.07, 6.45) is 0. The summed E-state index contributed by atoms with van der Waals surface area (Å²) in [6.45, 7) is 1.89. The molecular weight excluding hydrogens is 362 g/mol. The molecule has 3 rings (SSSR count). The minimum Gasteiger partial charge on any atom is -0.496 e. The van der Waals surface area contributed by atoms with Crippen LogP contribution in [0.5, 0.6) is 5.75 Å². The second-order valence-electron chi connectivity index (χ2n) is 5.92. The Bertz CT molecular complexity index is 1050. The fourth-order valence-electron chi connectivity index (χ4n) is 2.67. The molecule has 0 bridgehead atoms. The molecule has 0 aliphatic heterocycles. The third-order valence-corrected chi connectivity index (χ3v) is 5.80. The lowest BCUT2D eigenvalue weighted by molar-refractivity contribution is 0.100. The van der Waals surface area contributed by atoms with E-state index in [1.54, 1.807) is 66.7 Å². The minimum atomic E-state index is -4.11. The fraction of sp³-hybridized carbons (Fsp3) is 0.0952. The normalized spacial score (nSPS) is 11.0.